The summed E-state index contributed by atoms with van der Waals surface area (Å²) in [6.07, 6.45) is 0.666. The molecule has 0 aliphatic heterocycles. The van der Waals surface area contributed by atoms with Gasteiger partial charge < -0.3 is 10.4 Å². The number of nitrogens with one attached hydrogen (secondary N) is 1. The Kier molecular flexibility index (Phi) is 4.73. The number of benzene rings is 2. The van der Waals surface area contributed by atoms with E-state index < -0.39 is 11.5 Å². The summed E-state index contributed by atoms with van der Waals surface area (Å²) in [4.78, 5) is 29.1. The number of aromatic nitrogens is 1. The van der Waals surface area contributed by atoms with Crippen LogP contribution in [-0.4, -0.2) is 27.5 Å². The lowest BCUT2D eigenvalue weighted by Crippen LogP contribution is -2.55. The Bertz CT molecular complexity index is 1010. The molecule has 0 saturated carbocycles. The molecule has 5 nitrogen and oxygen atoms in total. The summed E-state index contributed by atoms with van der Waals surface area (Å²) in [7, 11) is 0. The fourth-order valence-corrected chi connectivity index (χ4v) is 4.43. The number of carboxylic acid groups (broad SMARTS) is 1. The van der Waals surface area contributed by atoms with Gasteiger partial charge in [0.15, 0.2) is 0 Å². The minimum atomic E-state index is -1.28. The van der Waals surface area contributed by atoms with Crippen molar-refractivity contribution in [1.29, 1.82) is 0 Å². The maximum atomic E-state index is 12.6. The van der Waals surface area contributed by atoms with Crippen LogP contribution < -0.4 is 5.32 Å². The summed E-state index contributed by atoms with van der Waals surface area (Å²) < 4.78 is 0. The van der Waals surface area contributed by atoms with Gasteiger partial charge >= 0.3 is 5.97 Å². The summed E-state index contributed by atoms with van der Waals surface area (Å²) in [6.45, 7) is 2.03. The number of fused-ring (bicyclic) bond motifs is 1. The maximum absolute atomic E-state index is 12.6. The zero-order chi connectivity index (χ0) is 19.7. The van der Waals surface area contributed by atoms with Crippen molar-refractivity contribution in [2.45, 2.75) is 31.7 Å². The van der Waals surface area contributed by atoms with Crippen LogP contribution in [-0.2, 0) is 28.9 Å². The Hall–Kier alpha value is -2.99. The fourth-order valence-electron chi connectivity index (χ4n) is 3.60. The quantitative estimate of drug-likeness (QED) is 0.698. The van der Waals surface area contributed by atoms with Gasteiger partial charge in [-0.3, -0.25) is 4.79 Å². The molecule has 2 N–H and O–H groups in total. The number of nitrogens with zero attached hydrogens (tertiary/aromatic N) is 1. The van der Waals surface area contributed by atoms with E-state index in [-0.39, 0.29) is 12.3 Å². The molecule has 2 aromatic carbocycles. The Balaban J connectivity index is 1.47. The standard InChI is InChI=1S/C22H20N2O3S/c1-14-6-8-15(9-7-14)20-23-18(13-28-20)10-19(25)24-22(21(26)27)11-16-4-2-3-5-17(16)12-22/h2-9,13H,10-12H2,1H3,(H,24,25)(H,26,27). The topological polar surface area (TPSA) is 79.3 Å². The second-order valence-corrected chi connectivity index (χ2v) is 8.10. The number of amides is 1. The third-order valence-corrected chi connectivity index (χ3v) is 6.02. The van der Waals surface area contributed by atoms with Gasteiger partial charge in [-0.15, -0.1) is 11.3 Å². The Morgan fingerprint density at radius 3 is 2.36 bits per heavy atom. The number of hydrogen-bond acceptors (Lipinski definition) is 4. The molecule has 0 saturated heterocycles. The third-order valence-electron chi connectivity index (χ3n) is 5.08. The first-order valence-corrected chi connectivity index (χ1v) is 9.96. The van der Waals surface area contributed by atoms with E-state index >= 15 is 0 Å². The highest BCUT2D eigenvalue weighted by molar-refractivity contribution is 7.13. The van der Waals surface area contributed by atoms with Crippen molar-refractivity contribution in [1.82, 2.24) is 10.3 Å². The third kappa shape index (κ3) is 3.55. The maximum Gasteiger partial charge on any atom is 0.330 e. The van der Waals surface area contributed by atoms with Gasteiger partial charge in [0.05, 0.1) is 12.1 Å². The normalized spacial score (nSPS) is 14.5. The molecular formula is C22H20N2O3S. The summed E-state index contributed by atoms with van der Waals surface area (Å²) in [5, 5.41) is 15.3. The number of hydrogen-bond donors (Lipinski definition) is 2. The second kappa shape index (κ2) is 7.20. The predicted octanol–water partition coefficient (Wildman–Crippen LogP) is 3.40. The number of carbonyl (C=O) groups is 2. The van der Waals surface area contributed by atoms with Crippen LogP contribution in [0.5, 0.6) is 0 Å². The average molecular weight is 392 g/mol. The van der Waals surface area contributed by atoms with Gasteiger partial charge in [0, 0.05) is 23.8 Å². The molecule has 6 heteroatoms. The van der Waals surface area contributed by atoms with Crippen molar-refractivity contribution in [3.8, 4) is 10.6 Å². The van der Waals surface area contributed by atoms with E-state index in [1.165, 1.54) is 16.9 Å². The minimum Gasteiger partial charge on any atom is -0.479 e. The van der Waals surface area contributed by atoms with Crippen LogP contribution in [0.3, 0.4) is 0 Å². The van der Waals surface area contributed by atoms with Gasteiger partial charge in [0.2, 0.25) is 5.91 Å². The van der Waals surface area contributed by atoms with E-state index in [4.69, 9.17) is 0 Å². The molecule has 1 heterocycles. The Morgan fingerprint density at radius 1 is 1.11 bits per heavy atom. The summed E-state index contributed by atoms with van der Waals surface area (Å²) in [5.41, 5.74) is 3.50. The predicted molar refractivity (Wildman–Crippen MR) is 108 cm³/mol. The molecule has 1 amide bonds. The molecule has 0 atom stereocenters. The van der Waals surface area contributed by atoms with E-state index in [9.17, 15) is 14.7 Å². The average Bonchev–Trinajstić information content (AvgIpc) is 3.27. The van der Waals surface area contributed by atoms with Crippen molar-refractivity contribution < 1.29 is 14.7 Å². The van der Waals surface area contributed by atoms with Crippen molar-refractivity contribution in [2.24, 2.45) is 0 Å². The first-order valence-electron chi connectivity index (χ1n) is 9.08. The molecular weight excluding hydrogens is 372 g/mol. The van der Waals surface area contributed by atoms with Crippen LogP contribution in [0.2, 0.25) is 0 Å². The van der Waals surface area contributed by atoms with Gasteiger partial charge in [0.1, 0.15) is 10.5 Å². The van der Waals surface area contributed by atoms with Gasteiger partial charge in [-0.05, 0) is 18.1 Å². The van der Waals surface area contributed by atoms with E-state index in [2.05, 4.69) is 10.3 Å². The van der Waals surface area contributed by atoms with E-state index in [1.807, 2.05) is 60.8 Å². The molecule has 4 rings (SSSR count). The minimum absolute atomic E-state index is 0.0632. The van der Waals surface area contributed by atoms with Crippen LogP contribution >= 0.6 is 11.3 Å². The largest absolute Gasteiger partial charge is 0.479 e. The SMILES string of the molecule is Cc1ccc(-c2nc(CC(=O)NC3(C(=O)O)Cc4ccccc4C3)cs2)cc1. The summed E-state index contributed by atoms with van der Waals surface area (Å²) in [6, 6.07) is 15.7. The van der Waals surface area contributed by atoms with Crippen LogP contribution in [0, 0.1) is 6.92 Å². The molecule has 1 aliphatic carbocycles. The van der Waals surface area contributed by atoms with Crippen LogP contribution in [0.25, 0.3) is 10.6 Å². The number of carboxylic acids is 1. The molecule has 0 unspecified atom stereocenters. The van der Waals surface area contributed by atoms with Crippen molar-refractivity contribution in [2.75, 3.05) is 0 Å². The van der Waals surface area contributed by atoms with Crippen LogP contribution in [0.1, 0.15) is 22.4 Å². The molecule has 1 aliphatic rings. The van der Waals surface area contributed by atoms with Gasteiger partial charge in [-0.1, -0.05) is 54.1 Å². The van der Waals surface area contributed by atoms with Crippen LogP contribution in [0.4, 0.5) is 0 Å². The first-order chi connectivity index (χ1) is 13.4. The molecule has 1 aromatic heterocycles. The van der Waals surface area contributed by atoms with Gasteiger partial charge in [0.25, 0.3) is 0 Å². The smallest absolute Gasteiger partial charge is 0.330 e. The molecule has 0 spiro atoms. The fraction of sp³-hybridized carbons (Fsp3) is 0.227. The van der Waals surface area contributed by atoms with Gasteiger partial charge in [-0.2, -0.15) is 0 Å². The summed E-state index contributed by atoms with van der Waals surface area (Å²) >= 11 is 1.48. The molecule has 28 heavy (non-hydrogen) atoms. The lowest BCUT2D eigenvalue weighted by Gasteiger charge is -2.25. The van der Waals surface area contributed by atoms with Crippen molar-refractivity contribution in [3.05, 3.63) is 76.3 Å². The highest BCUT2D eigenvalue weighted by Gasteiger charge is 2.45. The molecule has 0 radical (unpaired) electrons. The van der Waals surface area contributed by atoms with Crippen LogP contribution in [0.15, 0.2) is 53.9 Å². The first kappa shape index (κ1) is 18.4. The number of carbonyl (C=O) groups excluding carboxylic acids is 1. The Labute approximate surface area is 167 Å². The molecule has 142 valence electrons. The number of thiazole rings is 1. The number of rotatable bonds is 5. The molecule has 0 fully saturated rings. The second-order valence-electron chi connectivity index (χ2n) is 7.24. The molecule has 3 aromatic rings. The van der Waals surface area contributed by atoms with Gasteiger partial charge in [-0.25, -0.2) is 9.78 Å². The monoisotopic (exact) mass is 392 g/mol. The highest BCUT2D eigenvalue weighted by atomic mass is 32.1. The Morgan fingerprint density at radius 2 is 1.75 bits per heavy atom. The lowest BCUT2D eigenvalue weighted by molar-refractivity contribution is -0.147. The lowest BCUT2D eigenvalue weighted by atomic mass is 9.95. The van der Waals surface area contributed by atoms with E-state index in [0.29, 0.717) is 18.5 Å². The zero-order valence-electron chi connectivity index (χ0n) is 15.4. The number of aliphatic carboxylic acids is 1. The van der Waals surface area contributed by atoms with E-state index in [1.54, 1.807) is 0 Å². The highest BCUT2D eigenvalue weighted by Crippen LogP contribution is 2.31. The van der Waals surface area contributed by atoms with Crippen molar-refractivity contribution >= 4 is 23.2 Å². The summed E-state index contributed by atoms with van der Waals surface area (Å²) in [5.74, 6) is -1.33. The number of aryl methyl sites for hydroxylation is 1. The zero-order valence-corrected chi connectivity index (χ0v) is 16.3. The van der Waals surface area contributed by atoms with Crippen molar-refractivity contribution in [3.63, 3.8) is 0 Å². The van der Waals surface area contributed by atoms with E-state index in [0.717, 1.165) is 21.7 Å². The molecule has 0 bridgehead atoms.